The second kappa shape index (κ2) is 7.22. The Bertz CT molecular complexity index is 358. The Kier molecular flexibility index (Phi) is 5.91. The van der Waals surface area contributed by atoms with Crippen LogP contribution in [0.1, 0.15) is 38.1 Å². The van der Waals surface area contributed by atoms with Gasteiger partial charge >= 0.3 is 0 Å². The van der Waals surface area contributed by atoms with E-state index in [0.717, 1.165) is 37.3 Å². The highest BCUT2D eigenvalue weighted by Crippen LogP contribution is 2.08. The van der Waals surface area contributed by atoms with Gasteiger partial charge in [-0.1, -0.05) is 6.92 Å². The number of nitrogens with zero attached hydrogens (tertiary/aromatic N) is 2. The molecule has 0 radical (unpaired) electrons. The van der Waals surface area contributed by atoms with Crippen LogP contribution in [0.15, 0.2) is 6.07 Å². The number of nitrogens with one attached hydrogen (secondary N) is 1. The fourth-order valence-electron chi connectivity index (χ4n) is 1.86. The lowest BCUT2D eigenvalue weighted by Gasteiger charge is -2.03. The van der Waals surface area contributed by atoms with Crippen LogP contribution in [0.5, 0.6) is 0 Å². The van der Waals surface area contributed by atoms with E-state index >= 15 is 0 Å². The summed E-state index contributed by atoms with van der Waals surface area (Å²) >= 11 is 0. The topological polar surface area (TPSA) is 46.9 Å². The van der Waals surface area contributed by atoms with E-state index in [2.05, 4.69) is 30.3 Å². The van der Waals surface area contributed by atoms with E-state index < -0.39 is 0 Å². The molecule has 0 unspecified atom stereocenters. The second-order valence-corrected chi connectivity index (χ2v) is 4.22. The van der Waals surface area contributed by atoms with Crippen LogP contribution in [0.3, 0.4) is 0 Å². The third kappa shape index (κ3) is 4.30. The van der Waals surface area contributed by atoms with Crippen molar-refractivity contribution < 1.29 is 4.79 Å². The Hall–Kier alpha value is -1.16. The zero-order valence-electron chi connectivity index (χ0n) is 11.1. The molecule has 0 atom stereocenters. The van der Waals surface area contributed by atoms with E-state index in [4.69, 9.17) is 0 Å². The smallest absolute Gasteiger partial charge is 0.138 e. The number of aryl methyl sites for hydroxylation is 2. The molecule has 1 heterocycles. The third-order valence-corrected chi connectivity index (χ3v) is 2.84. The first-order valence-electron chi connectivity index (χ1n) is 6.43. The van der Waals surface area contributed by atoms with E-state index in [1.807, 2.05) is 11.7 Å². The number of ketones is 1. The van der Waals surface area contributed by atoms with Crippen LogP contribution in [0.25, 0.3) is 0 Å². The van der Waals surface area contributed by atoms with Gasteiger partial charge in [-0.25, -0.2) is 0 Å². The summed E-state index contributed by atoms with van der Waals surface area (Å²) < 4.78 is 1.94. The van der Waals surface area contributed by atoms with E-state index in [-0.39, 0.29) is 0 Å². The number of hydrogen-bond donors (Lipinski definition) is 1. The van der Waals surface area contributed by atoms with Crippen molar-refractivity contribution in [3.63, 3.8) is 0 Å². The van der Waals surface area contributed by atoms with Crippen molar-refractivity contribution in [3.8, 4) is 0 Å². The normalized spacial score (nSPS) is 10.8. The van der Waals surface area contributed by atoms with Crippen molar-refractivity contribution in [1.29, 1.82) is 0 Å². The van der Waals surface area contributed by atoms with E-state index in [1.165, 1.54) is 0 Å². The van der Waals surface area contributed by atoms with Gasteiger partial charge in [0.25, 0.3) is 0 Å². The average Bonchev–Trinajstić information content (AvgIpc) is 2.71. The Labute approximate surface area is 103 Å². The van der Waals surface area contributed by atoms with Crippen LogP contribution < -0.4 is 5.32 Å². The molecule has 1 aromatic rings. The average molecular weight is 237 g/mol. The lowest BCUT2D eigenvalue weighted by Crippen LogP contribution is -2.13. The number of aromatic nitrogens is 2. The van der Waals surface area contributed by atoms with Gasteiger partial charge in [0, 0.05) is 25.1 Å². The molecule has 0 bridgehead atoms. The quantitative estimate of drug-likeness (QED) is 0.698. The summed E-state index contributed by atoms with van der Waals surface area (Å²) in [6.45, 7) is 5.88. The molecule has 0 fully saturated rings. The summed E-state index contributed by atoms with van der Waals surface area (Å²) in [7, 11) is 1.91. The fourth-order valence-corrected chi connectivity index (χ4v) is 1.86. The van der Waals surface area contributed by atoms with Gasteiger partial charge in [-0.15, -0.1) is 0 Å². The first kappa shape index (κ1) is 13.9. The first-order valence-corrected chi connectivity index (χ1v) is 6.43. The molecule has 1 aromatic heterocycles. The molecule has 0 amide bonds. The number of carbonyl (C=O) groups is 1. The highest BCUT2D eigenvalue weighted by Gasteiger charge is 2.10. The number of rotatable bonds is 8. The lowest BCUT2D eigenvalue weighted by atomic mass is 10.1. The van der Waals surface area contributed by atoms with Crippen LogP contribution in [0.4, 0.5) is 0 Å². The van der Waals surface area contributed by atoms with Crippen LogP contribution in [-0.4, -0.2) is 29.2 Å². The monoisotopic (exact) mass is 237 g/mol. The van der Waals surface area contributed by atoms with E-state index in [0.29, 0.717) is 18.6 Å². The summed E-state index contributed by atoms with van der Waals surface area (Å²) in [5, 5.41) is 7.50. The van der Waals surface area contributed by atoms with Gasteiger partial charge < -0.3 is 5.32 Å². The van der Waals surface area contributed by atoms with Crippen molar-refractivity contribution >= 4 is 5.78 Å². The third-order valence-electron chi connectivity index (χ3n) is 2.84. The van der Waals surface area contributed by atoms with Gasteiger partial charge in [-0.05, 0) is 39.4 Å². The fraction of sp³-hybridized carbons (Fsp3) is 0.692. The molecule has 0 saturated heterocycles. The highest BCUT2D eigenvalue weighted by molar-refractivity contribution is 5.80. The maximum absolute atomic E-state index is 11.8. The van der Waals surface area contributed by atoms with Gasteiger partial charge in [0.15, 0.2) is 0 Å². The summed E-state index contributed by atoms with van der Waals surface area (Å²) in [6, 6.07) is 2.06. The molecule has 0 saturated carbocycles. The zero-order valence-corrected chi connectivity index (χ0v) is 11.1. The summed E-state index contributed by atoms with van der Waals surface area (Å²) in [5.41, 5.74) is 2.13. The number of carbonyl (C=O) groups excluding carboxylic acids is 1. The predicted molar refractivity (Wildman–Crippen MR) is 69.2 cm³/mol. The Morgan fingerprint density at radius 1 is 1.47 bits per heavy atom. The summed E-state index contributed by atoms with van der Waals surface area (Å²) in [6.07, 6.45) is 3.01. The SMILES string of the molecule is CCc1cc(CC(=O)CCCNC)n(CC)n1. The predicted octanol–water partition coefficient (Wildman–Crippen LogP) is 1.58. The molecule has 1 rings (SSSR count). The maximum atomic E-state index is 11.8. The molecule has 0 aliphatic heterocycles. The molecule has 96 valence electrons. The molecule has 0 aliphatic carbocycles. The lowest BCUT2D eigenvalue weighted by molar-refractivity contribution is -0.118. The molecule has 4 heteroatoms. The van der Waals surface area contributed by atoms with Crippen molar-refractivity contribution in [2.24, 2.45) is 0 Å². The minimum absolute atomic E-state index is 0.303. The van der Waals surface area contributed by atoms with Crippen LogP contribution in [-0.2, 0) is 24.2 Å². The molecule has 4 nitrogen and oxygen atoms in total. The molecule has 1 N–H and O–H groups in total. The standard InChI is InChI=1S/C13H23N3O/c1-4-11-9-12(16(5-2)15-11)10-13(17)7-6-8-14-3/h9,14H,4-8,10H2,1-3H3. The van der Waals surface area contributed by atoms with Gasteiger partial charge in [0.2, 0.25) is 0 Å². The van der Waals surface area contributed by atoms with Gasteiger partial charge in [-0.2, -0.15) is 5.10 Å². The van der Waals surface area contributed by atoms with Gasteiger partial charge in [-0.3, -0.25) is 9.48 Å². The molecule has 0 spiro atoms. The Morgan fingerprint density at radius 3 is 2.82 bits per heavy atom. The highest BCUT2D eigenvalue weighted by atomic mass is 16.1. The first-order chi connectivity index (χ1) is 8.21. The van der Waals surface area contributed by atoms with Crippen LogP contribution in [0, 0.1) is 0 Å². The van der Waals surface area contributed by atoms with Crippen molar-refractivity contribution in [2.75, 3.05) is 13.6 Å². The molecular weight excluding hydrogens is 214 g/mol. The largest absolute Gasteiger partial charge is 0.320 e. The Morgan fingerprint density at radius 2 is 2.24 bits per heavy atom. The Balaban J connectivity index is 2.54. The minimum Gasteiger partial charge on any atom is -0.320 e. The van der Waals surface area contributed by atoms with Crippen molar-refractivity contribution in [2.45, 2.75) is 46.1 Å². The molecule has 0 aliphatic rings. The second-order valence-electron chi connectivity index (χ2n) is 4.22. The van der Waals surface area contributed by atoms with Crippen molar-refractivity contribution in [1.82, 2.24) is 15.1 Å². The van der Waals surface area contributed by atoms with Crippen LogP contribution >= 0.6 is 0 Å². The molecule has 0 aromatic carbocycles. The van der Waals surface area contributed by atoms with Crippen molar-refractivity contribution in [3.05, 3.63) is 17.5 Å². The number of Topliss-reactive ketones (excluding diaryl/α,β-unsaturated/α-hetero) is 1. The summed E-state index contributed by atoms with van der Waals surface area (Å²) in [5.74, 6) is 0.303. The maximum Gasteiger partial charge on any atom is 0.138 e. The summed E-state index contributed by atoms with van der Waals surface area (Å²) in [4.78, 5) is 11.8. The minimum atomic E-state index is 0.303. The number of hydrogen-bond acceptors (Lipinski definition) is 3. The van der Waals surface area contributed by atoms with Gasteiger partial charge in [0.05, 0.1) is 5.69 Å². The van der Waals surface area contributed by atoms with E-state index in [1.54, 1.807) is 0 Å². The van der Waals surface area contributed by atoms with Gasteiger partial charge in [0.1, 0.15) is 5.78 Å². The zero-order chi connectivity index (χ0) is 12.7. The van der Waals surface area contributed by atoms with E-state index in [9.17, 15) is 4.79 Å². The van der Waals surface area contributed by atoms with Crippen LogP contribution in [0.2, 0.25) is 0 Å². The molecular formula is C13H23N3O. The molecule has 17 heavy (non-hydrogen) atoms.